The molecule has 1 aromatic rings. The van der Waals surface area contributed by atoms with E-state index >= 15 is 0 Å². The molecule has 0 aliphatic carbocycles. The van der Waals surface area contributed by atoms with Gasteiger partial charge in [0.2, 0.25) is 0 Å². The predicted molar refractivity (Wildman–Crippen MR) is 83.7 cm³/mol. The van der Waals surface area contributed by atoms with Crippen LogP contribution in [0, 0.1) is 0 Å². The smallest absolute Gasteiger partial charge is 0.0784 e. The third kappa shape index (κ3) is 2.81. The summed E-state index contributed by atoms with van der Waals surface area (Å²) in [6.45, 7) is 12.9. The molecule has 102 valence electrons. The zero-order chi connectivity index (χ0) is 14.2. The maximum atomic E-state index is 6.40. The van der Waals surface area contributed by atoms with Crippen LogP contribution in [0.25, 0.3) is 0 Å². The van der Waals surface area contributed by atoms with Gasteiger partial charge in [0.15, 0.2) is 0 Å². The Hall–Kier alpha value is 0.0900. The highest BCUT2D eigenvalue weighted by atomic mass is 35.5. The van der Waals surface area contributed by atoms with Gasteiger partial charge in [-0.2, -0.15) is 0 Å². The minimum atomic E-state index is 0.335. The summed E-state index contributed by atoms with van der Waals surface area (Å²) in [6.07, 6.45) is 0. The summed E-state index contributed by atoms with van der Waals surface area (Å²) in [6, 6.07) is 0. The molecule has 0 atom stereocenters. The monoisotopic (exact) mass is 306 g/mol. The molecule has 0 nitrogen and oxygen atoms in total. The first-order valence-corrected chi connectivity index (χ1v) is 7.53. The average molecular weight is 308 g/mol. The summed E-state index contributed by atoms with van der Waals surface area (Å²) >= 11 is 19.1. The van der Waals surface area contributed by atoms with E-state index in [0.717, 1.165) is 11.1 Å². The Kier molecular flexibility index (Phi) is 5.41. The van der Waals surface area contributed by atoms with Gasteiger partial charge in [-0.05, 0) is 34.4 Å². The van der Waals surface area contributed by atoms with Crippen LogP contribution in [0.2, 0.25) is 15.1 Å². The van der Waals surface area contributed by atoms with Crippen molar-refractivity contribution in [3.63, 3.8) is 0 Å². The first-order chi connectivity index (χ1) is 8.20. The van der Waals surface area contributed by atoms with Gasteiger partial charge < -0.3 is 0 Å². The maximum Gasteiger partial charge on any atom is 0.0784 e. The van der Waals surface area contributed by atoms with Crippen molar-refractivity contribution in [1.29, 1.82) is 0 Å². The highest BCUT2D eigenvalue weighted by molar-refractivity contribution is 6.48. The van der Waals surface area contributed by atoms with Crippen molar-refractivity contribution in [2.45, 2.75) is 59.3 Å². The number of halogens is 3. The predicted octanol–water partition coefficient (Wildman–Crippen LogP) is 7.02. The summed E-state index contributed by atoms with van der Waals surface area (Å²) in [5.41, 5.74) is 3.55. The van der Waals surface area contributed by atoms with E-state index in [0.29, 0.717) is 32.8 Å². The number of hydrogen-bond donors (Lipinski definition) is 0. The molecular weight excluding hydrogens is 287 g/mol. The SMILES string of the molecule is CC(C)c1c(Cl)c(Cl)c(Cl)c(C(C)C)c1C(C)C. The Morgan fingerprint density at radius 2 is 0.778 bits per heavy atom. The van der Waals surface area contributed by atoms with Crippen molar-refractivity contribution in [2.24, 2.45) is 0 Å². The molecule has 3 heteroatoms. The zero-order valence-electron chi connectivity index (χ0n) is 11.9. The Bertz CT molecular complexity index is 411. The van der Waals surface area contributed by atoms with Crippen molar-refractivity contribution in [2.75, 3.05) is 0 Å². The Labute approximate surface area is 126 Å². The second-order valence-electron chi connectivity index (χ2n) is 5.65. The molecule has 0 N–H and O–H groups in total. The van der Waals surface area contributed by atoms with Crippen LogP contribution in [-0.4, -0.2) is 0 Å². The summed E-state index contributed by atoms with van der Waals surface area (Å²) < 4.78 is 0. The fourth-order valence-electron chi connectivity index (χ4n) is 2.47. The molecule has 18 heavy (non-hydrogen) atoms. The van der Waals surface area contributed by atoms with E-state index in [9.17, 15) is 0 Å². The van der Waals surface area contributed by atoms with Crippen LogP contribution >= 0.6 is 34.8 Å². The van der Waals surface area contributed by atoms with Gasteiger partial charge in [-0.3, -0.25) is 0 Å². The molecular formula is C15H21Cl3. The summed E-state index contributed by atoms with van der Waals surface area (Å²) in [5.74, 6) is 1.05. The third-order valence-electron chi connectivity index (χ3n) is 3.17. The molecule has 0 spiro atoms. The van der Waals surface area contributed by atoms with E-state index in [2.05, 4.69) is 41.5 Å². The third-order valence-corrected chi connectivity index (χ3v) is 4.53. The van der Waals surface area contributed by atoms with Crippen molar-refractivity contribution in [1.82, 2.24) is 0 Å². The number of benzene rings is 1. The zero-order valence-corrected chi connectivity index (χ0v) is 14.1. The largest absolute Gasteiger partial charge is 0.0823 e. The molecule has 1 rings (SSSR count). The molecule has 0 saturated carbocycles. The normalized spacial score (nSPS) is 12.0. The summed E-state index contributed by atoms with van der Waals surface area (Å²) in [4.78, 5) is 0. The van der Waals surface area contributed by atoms with Crippen LogP contribution in [0.3, 0.4) is 0 Å². The molecule has 0 unspecified atom stereocenters. The molecule has 0 saturated heterocycles. The van der Waals surface area contributed by atoms with Crippen LogP contribution in [0.5, 0.6) is 0 Å². The Morgan fingerprint density at radius 3 is 1.00 bits per heavy atom. The lowest BCUT2D eigenvalue weighted by Crippen LogP contribution is -2.08. The molecule has 0 heterocycles. The first kappa shape index (κ1) is 16.1. The molecule has 0 aliphatic rings. The molecule has 0 aromatic heterocycles. The molecule has 1 aromatic carbocycles. The maximum absolute atomic E-state index is 6.40. The minimum Gasteiger partial charge on any atom is -0.0823 e. The fourth-order valence-corrected chi connectivity index (χ4v) is 3.55. The van der Waals surface area contributed by atoms with E-state index in [1.54, 1.807) is 0 Å². The van der Waals surface area contributed by atoms with E-state index < -0.39 is 0 Å². The van der Waals surface area contributed by atoms with Crippen molar-refractivity contribution in [3.8, 4) is 0 Å². The fraction of sp³-hybridized carbons (Fsp3) is 0.600. The van der Waals surface area contributed by atoms with Gasteiger partial charge in [0.1, 0.15) is 0 Å². The number of rotatable bonds is 3. The van der Waals surface area contributed by atoms with Crippen LogP contribution < -0.4 is 0 Å². The van der Waals surface area contributed by atoms with E-state index in [1.165, 1.54) is 5.56 Å². The van der Waals surface area contributed by atoms with Gasteiger partial charge in [-0.25, -0.2) is 0 Å². The average Bonchev–Trinajstić information content (AvgIpc) is 2.23. The second kappa shape index (κ2) is 6.03. The van der Waals surface area contributed by atoms with Crippen LogP contribution in [0.15, 0.2) is 0 Å². The second-order valence-corrected chi connectivity index (χ2v) is 6.78. The quantitative estimate of drug-likeness (QED) is 0.526. The van der Waals surface area contributed by atoms with Gasteiger partial charge >= 0.3 is 0 Å². The van der Waals surface area contributed by atoms with Crippen molar-refractivity contribution in [3.05, 3.63) is 31.8 Å². The molecule has 0 bridgehead atoms. The topological polar surface area (TPSA) is 0 Å². The van der Waals surface area contributed by atoms with Crippen molar-refractivity contribution >= 4 is 34.8 Å². The first-order valence-electron chi connectivity index (χ1n) is 6.40. The Balaban J connectivity index is 3.81. The van der Waals surface area contributed by atoms with E-state index in [1.807, 2.05) is 0 Å². The van der Waals surface area contributed by atoms with Crippen molar-refractivity contribution < 1.29 is 0 Å². The summed E-state index contributed by atoms with van der Waals surface area (Å²) in [7, 11) is 0. The van der Waals surface area contributed by atoms with Crippen LogP contribution in [0.1, 0.15) is 76.0 Å². The molecule has 0 amide bonds. The van der Waals surface area contributed by atoms with Gasteiger partial charge in [0.25, 0.3) is 0 Å². The molecule has 0 fully saturated rings. The van der Waals surface area contributed by atoms with Crippen LogP contribution in [-0.2, 0) is 0 Å². The highest BCUT2D eigenvalue weighted by Crippen LogP contribution is 2.46. The molecule has 0 radical (unpaired) electrons. The Morgan fingerprint density at radius 1 is 0.500 bits per heavy atom. The standard InChI is InChI=1S/C15H21Cl3/c1-7(2)10-11(8(3)4)13(16)15(18)14(17)12(10)9(5)6/h7-9H,1-6H3. The summed E-state index contributed by atoms with van der Waals surface area (Å²) in [5, 5.41) is 1.73. The van der Waals surface area contributed by atoms with E-state index in [4.69, 9.17) is 34.8 Å². The minimum absolute atomic E-state index is 0.335. The lowest BCUT2D eigenvalue weighted by Gasteiger charge is -2.26. The van der Waals surface area contributed by atoms with E-state index in [-0.39, 0.29) is 0 Å². The van der Waals surface area contributed by atoms with Gasteiger partial charge in [0, 0.05) is 0 Å². The number of hydrogen-bond acceptors (Lipinski definition) is 0. The highest BCUT2D eigenvalue weighted by Gasteiger charge is 2.25. The lowest BCUT2D eigenvalue weighted by molar-refractivity contribution is 0.749. The van der Waals surface area contributed by atoms with Gasteiger partial charge in [-0.15, -0.1) is 0 Å². The van der Waals surface area contributed by atoms with Gasteiger partial charge in [-0.1, -0.05) is 76.3 Å². The van der Waals surface area contributed by atoms with Gasteiger partial charge in [0.05, 0.1) is 15.1 Å². The lowest BCUT2D eigenvalue weighted by atomic mass is 9.83. The molecule has 0 aliphatic heterocycles. The van der Waals surface area contributed by atoms with Crippen LogP contribution in [0.4, 0.5) is 0 Å².